The Balaban J connectivity index is 0.000000292. The van der Waals surface area contributed by atoms with E-state index in [1.54, 1.807) is 6.92 Å². The van der Waals surface area contributed by atoms with Gasteiger partial charge in [0.1, 0.15) is 5.71 Å². The highest BCUT2D eigenvalue weighted by atomic mass is 16.2. The van der Waals surface area contributed by atoms with Gasteiger partial charge in [-0.2, -0.15) is 0 Å². The summed E-state index contributed by atoms with van der Waals surface area (Å²) in [6.45, 7) is 6.23. The first-order valence-electron chi connectivity index (χ1n) is 10.2. The molecule has 1 fully saturated rings. The van der Waals surface area contributed by atoms with E-state index in [1.165, 1.54) is 45.0 Å². The summed E-state index contributed by atoms with van der Waals surface area (Å²) in [6.07, 6.45) is 7.55. The van der Waals surface area contributed by atoms with Crippen LogP contribution in [0.4, 0.5) is 0 Å². The lowest BCUT2D eigenvalue weighted by Gasteiger charge is -2.10. The fourth-order valence-electron chi connectivity index (χ4n) is 2.62. The lowest BCUT2D eigenvalue weighted by molar-refractivity contribution is -0.117. The van der Waals surface area contributed by atoms with Crippen molar-refractivity contribution in [1.29, 1.82) is 0 Å². The predicted octanol–water partition coefficient (Wildman–Crippen LogP) is 4.01. The van der Waals surface area contributed by atoms with Crippen molar-refractivity contribution in [1.82, 2.24) is 10.6 Å². The summed E-state index contributed by atoms with van der Waals surface area (Å²) in [7, 11) is 3.05. The van der Waals surface area contributed by atoms with Crippen molar-refractivity contribution in [3.63, 3.8) is 0 Å². The third-order valence-electron chi connectivity index (χ3n) is 4.68. The number of carbonyl (C=O) groups is 2. The van der Waals surface area contributed by atoms with E-state index in [1.807, 2.05) is 0 Å². The standard InChI is InChI=1S/C12H18.C11H17N3O2/c1-3-4-8-11(2)12-9-6-5-7-10-12;1-7(10(15)14-8-4-5-8)6-9(12-2)11(16)13-3/h5-7,9-11H,3-4,8H2,1-2H3;6,8H,4-5H2,1-3H3,(H,13,16)(H,14,15)/b;7-6+,12-9?. The molecule has 0 aromatic heterocycles. The molecule has 1 aliphatic rings. The third-order valence-corrected chi connectivity index (χ3v) is 4.68. The van der Waals surface area contributed by atoms with Crippen molar-refractivity contribution in [2.45, 2.75) is 64.8 Å². The zero-order chi connectivity index (χ0) is 20.9. The molecule has 0 bridgehead atoms. The van der Waals surface area contributed by atoms with Gasteiger partial charge in [0.2, 0.25) is 5.91 Å². The minimum atomic E-state index is -0.291. The molecular formula is C23H35N3O2. The third kappa shape index (κ3) is 8.98. The fourth-order valence-corrected chi connectivity index (χ4v) is 2.62. The quantitative estimate of drug-likeness (QED) is 0.524. The number of carbonyl (C=O) groups excluding carboxylic acids is 2. The maximum absolute atomic E-state index is 11.6. The fraction of sp³-hybridized carbons (Fsp3) is 0.522. The molecule has 1 aliphatic carbocycles. The molecule has 1 aromatic carbocycles. The van der Waals surface area contributed by atoms with Crippen molar-refractivity contribution < 1.29 is 9.59 Å². The largest absolute Gasteiger partial charge is 0.354 e. The van der Waals surface area contributed by atoms with Crippen LogP contribution in [-0.4, -0.2) is 37.7 Å². The molecule has 0 radical (unpaired) electrons. The van der Waals surface area contributed by atoms with E-state index in [4.69, 9.17) is 0 Å². The van der Waals surface area contributed by atoms with Gasteiger partial charge in [-0.1, -0.05) is 57.0 Å². The van der Waals surface area contributed by atoms with Crippen molar-refractivity contribution in [3.8, 4) is 0 Å². The van der Waals surface area contributed by atoms with E-state index in [9.17, 15) is 9.59 Å². The molecular weight excluding hydrogens is 350 g/mol. The smallest absolute Gasteiger partial charge is 0.269 e. The van der Waals surface area contributed by atoms with Gasteiger partial charge in [-0.25, -0.2) is 0 Å². The predicted molar refractivity (Wildman–Crippen MR) is 117 cm³/mol. The Morgan fingerprint density at radius 1 is 1.21 bits per heavy atom. The topological polar surface area (TPSA) is 70.6 Å². The normalized spacial score (nSPS) is 15.2. The average molecular weight is 386 g/mol. The second-order valence-corrected chi connectivity index (χ2v) is 7.22. The molecule has 1 atom stereocenters. The number of nitrogens with zero attached hydrogens (tertiary/aromatic N) is 1. The SMILES string of the molecule is CCCCC(C)c1ccccc1.CN=C(/C=C(\C)C(=O)NC1CC1)C(=O)NC. The molecule has 1 aromatic rings. The van der Waals surface area contributed by atoms with Gasteiger partial charge < -0.3 is 10.6 Å². The maximum Gasteiger partial charge on any atom is 0.269 e. The van der Waals surface area contributed by atoms with Crippen LogP contribution >= 0.6 is 0 Å². The minimum Gasteiger partial charge on any atom is -0.354 e. The van der Waals surface area contributed by atoms with Gasteiger partial charge in [0, 0.05) is 25.7 Å². The van der Waals surface area contributed by atoms with Crippen molar-refractivity contribution in [2.24, 2.45) is 4.99 Å². The van der Waals surface area contributed by atoms with Gasteiger partial charge in [-0.3, -0.25) is 14.6 Å². The molecule has 0 aliphatic heterocycles. The van der Waals surface area contributed by atoms with Gasteiger partial charge in [-0.05, 0) is 43.7 Å². The molecule has 1 unspecified atom stereocenters. The van der Waals surface area contributed by atoms with Crippen LogP contribution in [-0.2, 0) is 9.59 Å². The lowest BCUT2D eigenvalue weighted by Crippen LogP contribution is -2.29. The molecule has 2 amide bonds. The van der Waals surface area contributed by atoms with Gasteiger partial charge >= 0.3 is 0 Å². The first-order chi connectivity index (χ1) is 13.4. The van der Waals surface area contributed by atoms with Crippen molar-refractivity contribution in [2.75, 3.05) is 14.1 Å². The number of amides is 2. The number of nitrogens with one attached hydrogen (secondary N) is 2. The van der Waals surface area contributed by atoms with Gasteiger partial charge in [0.15, 0.2) is 0 Å². The van der Waals surface area contributed by atoms with Crippen LogP contribution in [0.2, 0.25) is 0 Å². The van der Waals surface area contributed by atoms with E-state index >= 15 is 0 Å². The molecule has 0 heterocycles. The molecule has 5 nitrogen and oxygen atoms in total. The Morgan fingerprint density at radius 3 is 2.36 bits per heavy atom. The Morgan fingerprint density at radius 2 is 1.86 bits per heavy atom. The van der Waals surface area contributed by atoms with Crippen LogP contribution in [0.1, 0.15) is 64.4 Å². The van der Waals surface area contributed by atoms with Crippen LogP contribution in [0.3, 0.4) is 0 Å². The first kappa shape index (κ1) is 23.6. The van der Waals surface area contributed by atoms with Crippen molar-refractivity contribution >= 4 is 17.5 Å². The molecule has 2 rings (SSSR count). The summed E-state index contributed by atoms with van der Waals surface area (Å²) < 4.78 is 0. The molecule has 0 spiro atoms. The molecule has 5 heteroatoms. The lowest BCUT2D eigenvalue weighted by atomic mass is 9.96. The molecule has 0 saturated heterocycles. The van der Waals surface area contributed by atoms with Crippen LogP contribution in [0.5, 0.6) is 0 Å². The summed E-state index contributed by atoms with van der Waals surface area (Å²) >= 11 is 0. The number of unbranched alkanes of at least 4 members (excludes halogenated alkanes) is 1. The van der Waals surface area contributed by atoms with Crippen LogP contribution in [0.15, 0.2) is 47.0 Å². The summed E-state index contributed by atoms with van der Waals surface area (Å²) in [5.41, 5.74) is 2.23. The van der Waals surface area contributed by atoms with Crippen LogP contribution < -0.4 is 10.6 Å². The summed E-state index contributed by atoms with van der Waals surface area (Å²) in [4.78, 5) is 26.7. The van der Waals surface area contributed by atoms with Gasteiger partial charge in [0.05, 0.1) is 0 Å². The minimum absolute atomic E-state index is 0.132. The first-order valence-corrected chi connectivity index (χ1v) is 10.2. The highest BCUT2D eigenvalue weighted by Crippen LogP contribution is 2.20. The van der Waals surface area contributed by atoms with Crippen molar-refractivity contribution in [3.05, 3.63) is 47.5 Å². The highest BCUT2D eigenvalue weighted by Gasteiger charge is 2.23. The number of hydrogen-bond acceptors (Lipinski definition) is 3. The van der Waals surface area contributed by atoms with E-state index < -0.39 is 0 Å². The number of benzene rings is 1. The second-order valence-electron chi connectivity index (χ2n) is 7.22. The van der Waals surface area contributed by atoms with E-state index in [-0.39, 0.29) is 17.5 Å². The van der Waals surface area contributed by atoms with Crippen LogP contribution in [0.25, 0.3) is 0 Å². The van der Waals surface area contributed by atoms with E-state index in [0.717, 1.165) is 18.8 Å². The average Bonchev–Trinajstić information content (AvgIpc) is 3.54. The van der Waals surface area contributed by atoms with Gasteiger partial charge in [0.25, 0.3) is 5.91 Å². The Bertz CT molecular complexity index is 676. The van der Waals surface area contributed by atoms with Gasteiger partial charge in [-0.15, -0.1) is 0 Å². The molecule has 154 valence electrons. The van der Waals surface area contributed by atoms with Crippen LogP contribution in [0, 0.1) is 0 Å². The summed E-state index contributed by atoms with van der Waals surface area (Å²) in [5.74, 6) is 0.305. The molecule has 1 saturated carbocycles. The Labute approximate surface area is 169 Å². The maximum atomic E-state index is 11.6. The summed E-state index contributed by atoms with van der Waals surface area (Å²) in [6, 6.07) is 11.1. The zero-order valence-corrected chi connectivity index (χ0v) is 17.9. The van der Waals surface area contributed by atoms with E-state index in [0.29, 0.717) is 11.6 Å². The Kier molecular flexibility index (Phi) is 10.8. The Hall–Kier alpha value is -2.43. The zero-order valence-electron chi connectivity index (χ0n) is 17.9. The summed E-state index contributed by atoms with van der Waals surface area (Å²) in [5, 5.41) is 5.31. The molecule has 28 heavy (non-hydrogen) atoms. The number of rotatable bonds is 8. The highest BCUT2D eigenvalue weighted by molar-refractivity contribution is 6.43. The number of aliphatic imine (C=N–C) groups is 1. The van der Waals surface area contributed by atoms with E-state index in [2.05, 4.69) is 59.8 Å². The monoisotopic (exact) mass is 385 g/mol. The molecule has 2 N–H and O–H groups in total. The second kappa shape index (κ2) is 12.9. The number of hydrogen-bond donors (Lipinski definition) is 2.